The molecule has 5 heteroatoms. The maximum atomic E-state index is 4.75. The summed E-state index contributed by atoms with van der Waals surface area (Å²) >= 11 is 2.06. The first-order valence-corrected chi connectivity index (χ1v) is 8.47. The van der Waals surface area contributed by atoms with E-state index < -0.39 is 0 Å². The Morgan fingerprint density at radius 3 is 2.85 bits per heavy atom. The number of anilines is 2. The minimum atomic E-state index is 0.375. The van der Waals surface area contributed by atoms with Crippen molar-refractivity contribution in [2.24, 2.45) is 0 Å². The van der Waals surface area contributed by atoms with E-state index in [1.807, 2.05) is 7.05 Å². The summed E-state index contributed by atoms with van der Waals surface area (Å²) in [6.45, 7) is 8.98. The van der Waals surface area contributed by atoms with Crippen LogP contribution in [0.15, 0.2) is 6.07 Å². The molecule has 0 amide bonds. The van der Waals surface area contributed by atoms with Crippen LogP contribution in [0.2, 0.25) is 0 Å². The van der Waals surface area contributed by atoms with Crippen molar-refractivity contribution in [1.82, 2.24) is 9.97 Å². The van der Waals surface area contributed by atoms with Crippen LogP contribution in [-0.2, 0) is 6.42 Å². The van der Waals surface area contributed by atoms with Crippen LogP contribution in [0.25, 0.3) is 0 Å². The van der Waals surface area contributed by atoms with Gasteiger partial charge in [0.1, 0.15) is 17.5 Å². The van der Waals surface area contributed by atoms with Gasteiger partial charge in [-0.25, -0.2) is 9.97 Å². The Morgan fingerprint density at radius 2 is 2.15 bits per heavy atom. The molecule has 0 aliphatic carbocycles. The average Bonchev–Trinajstić information content (AvgIpc) is 2.59. The standard InChI is InChI=1S/C15H26N4S/c1-5-6-12-17-13(16-4)11-14(18-12)19-8-7-15(2,3)20-10-9-19/h11H,5-10H2,1-4H3,(H,16,17,18). The van der Waals surface area contributed by atoms with Crippen LogP contribution in [0.4, 0.5) is 11.6 Å². The molecule has 4 nitrogen and oxygen atoms in total. The second kappa shape index (κ2) is 6.66. The van der Waals surface area contributed by atoms with Gasteiger partial charge in [0.2, 0.25) is 0 Å². The fraction of sp³-hybridized carbons (Fsp3) is 0.733. The van der Waals surface area contributed by atoms with Crippen molar-refractivity contribution in [3.05, 3.63) is 11.9 Å². The fourth-order valence-corrected chi connectivity index (χ4v) is 3.46. The number of hydrogen-bond acceptors (Lipinski definition) is 5. The molecule has 0 radical (unpaired) electrons. The van der Waals surface area contributed by atoms with Crippen molar-refractivity contribution in [3.63, 3.8) is 0 Å². The van der Waals surface area contributed by atoms with E-state index in [1.165, 1.54) is 6.42 Å². The van der Waals surface area contributed by atoms with E-state index >= 15 is 0 Å². The van der Waals surface area contributed by atoms with E-state index in [9.17, 15) is 0 Å². The molecule has 2 heterocycles. The fourth-order valence-electron chi connectivity index (χ4n) is 2.36. The van der Waals surface area contributed by atoms with Gasteiger partial charge in [-0.3, -0.25) is 0 Å². The highest BCUT2D eigenvalue weighted by atomic mass is 32.2. The zero-order valence-electron chi connectivity index (χ0n) is 13.1. The van der Waals surface area contributed by atoms with Crippen LogP contribution in [0.1, 0.15) is 39.4 Å². The van der Waals surface area contributed by atoms with Gasteiger partial charge in [0.15, 0.2) is 0 Å². The van der Waals surface area contributed by atoms with Crippen LogP contribution in [0, 0.1) is 0 Å². The summed E-state index contributed by atoms with van der Waals surface area (Å²) in [6, 6.07) is 2.07. The molecule has 20 heavy (non-hydrogen) atoms. The summed E-state index contributed by atoms with van der Waals surface area (Å²) in [5, 5.41) is 3.15. The molecule has 0 saturated carbocycles. The summed E-state index contributed by atoms with van der Waals surface area (Å²) in [7, 11) is 1.92. The predicted octanol–water partition coefficient (Wildman–Crippen LogP) is 3.19. The van der Waals surface area contributed by atoms with Crippen LogP contribution < -0.4 is 10.2 Å². The molecule has 112 valence electrons. The topological polar surface area (TPSA) is 41.1 Å². The van der Waals surface area contributed by atoms with Gasteiger partial charge in [-0.15, -0.1) is 0 Å². The van der Waals surface area contributed by atoms with Crippen molar-refractivity contribution in [2.75, 3.05) is 36.1 Å². The third kappa shape index (κ3) is 4.01. The summed E-state index contributed by atoms with van der Waals surface area (Å²) in [4.78, 5) is 11.7. The number of aryl methyl sites for hydroxylation is 1. The molecule has 1 aromatic heterocycles. The smallest absolute Gasteiger partial charge is 0.134 e. The largest absolute Gasteiger partial charge is 0.373 e. The highest BCUT2D eigenvalue weighted by molar-refractivity contribution is 8.00. The van der Waals surface area contributed by atoms with Gasteiger partial charge >= 0.3 is 0 Å². The minimum Gasteiger partial charge on any atom is -0.373 e. The minimum absolute atomic E-state index is 0.375. The van der Waals surface area contributed by atoms with E-state index in [1.54, 1.807) is 0 Å². The molecule has 1 aromatic rings. The molecular formula is C15H26N4S. The van der Waals surface area contributed by atoms with Crippen molar-refractivity contribution in [2.45, 2.75) is 44.8 Å². The summed E-state index contributed by atoms with van der Waals surface area (Å²) in [6.07, 6.45) is 3.21. The number of nitrogens with zero attached hydrogens (tertiary/aromatic N) is 3. The number of nitrogens with one attached hydrogen (secondary N) is 1. The zero-order valence-corrected chi connectivity index (χ0v) is 13.9. The molecule has 1 aliphatic rings. The van der Waals surface area contributed by atoms with E-state index in [-0.39, 0.29) is 0 Å². The van der Waals surface area contributed by atoms with Gasteiger partial charge in [0, 0.05) is 43.1 Å². The lowest BCUT2D eigenvalue weighted by molar-refractivity contribution is 0.633. The van der Waals surface area contributed by atoms with E-state index in [4.69, 9.17) is 4.98 Å². The first kappa shape index (κ1) is 15.4. The predicted molar refractivity (Wildman–Crippen MR) is 88.9 cm³/mol. The lowest BCUT2D eigenvalue weighted by Crippen LogP contribution is -2.28. The summed E-state index contributed by atoms with van der Waals surface area (Å²) in [5.74, 6) is 4.11. The lowest BCUT2D eigenvalue weighted by atomic mass is 10.1. The third-order valence-corrected chi connectivity index (χ3v) is 5.02. The van der Waals surface area contributed by atoms with Gasteiger partial charge in [-0.05, 0) is 12.8 Å². The first-order valence-electron chi connectivity index (χ1n) is 7.48. The van der Waals surface area contributed by atoms with Gasteiger partial charge in [-0.2, -0.15) is 11.8 Å². The average molecular weight is 294 g/mol. The molecule has 1 aliphatic heterocycles. The molecule has 1 saturated heterocycles. The monoisotopic (exact) mass is 294 g/mol. The Balaban J connectivity index is 2.20. The van der Waals surface area contributed by atoms with E-state index in [2.05, 4.69) is 53.8 Å². The number of hydrogen-bond donors (Lipinski definition) is 1. The van der Waals surface area contributed by atoms with Crippen molar-refractivity contribution < 1.29 is 0 Å². The van der Waals surface area contributed by atoms with Crippen molar-refractivity contribution >= 4 is 23.4 Å². The lowest BCUT2D eigenvalue weighted by Gasteiger charge is -2.24. The maximum absolute atomic E-state index is 4.75. The van der Waals surface area contributed by atoms with Crippen LogP contribution >= 0.6 is 11.8 Å². The second-order valence-electron chi connectivity index (χ2n) is 5.87. The normalized spacial score (nSPS) is 18.7. The highest BCUT2D eigenvalue weighted by Gasteiger charge is 2.24. The van der Waals surface area contributed by atoms with Gasteiger partial charge in [-0.1, -0.05) is 20.8 Å². The Labute approximate surface area is 126 Å². The molecule has 1 fully saturated rings. The molecule has 0 spiro atoms. The maximum Gasteiger partial charge on any atom is 0.134 e. The molecule has 2 rings (SSSR count). The van der Waals surface area contributed by atoms with E-state index in [0.29, 0.717) is 4.75 Å². The Bertz CT molecular complexity index is 447. The number of aromatic nitrogens is 2. The third-order valence-electron chi connectivity index (χ3n) is 3.65. The quantitative estimate of drug-likeness (QED) is 0.923. The second-order valence-corrected chi connectivity index (χ2v) is 7.67. The molecule has 0 unspecified atom stereocenters. The molecule has 0 atom stereocenters. The van der Waals surface area contributed by atoms with Gasteiger partial charge < -0.3 is 10.2 Å². The van der Waals surface area contributed by atoms with Crippen LogP contribution in [-0.4, -0.2) is 40.6 Å². The number of thioether (sulfide) groups is 1. The summed E-state index contributed by atoms with van der Waals surface area (Å²) < 4.78 is 0.375. The molecular weight excluding hydrogens is 268 g/mol. The molecule has 1 N–H and O–H groups in total. The Kier molecular flexibility index (Phi) is 5.13. The number of rotatable bonds is 4. The highest BCUT2D eigenvalue weighted by Crippen LogP contribution is 2.32. The van der Waals surface area contributed by atoms with Gasteiger partial charge in [0.05, 0.1) is 0 Å². The molecule has 0 aromatic carbocycles. The van der Waals surface area contributed by atoms with Gasteiger partial charge in [0.25, 0.3) is 0 Å². The van der Waals surface area contributed by atoms with Crippen molar-refractivity contribution in [3.8, 4) is 0 Å². The SMILES string of the molecule is CCCc1nc(NC)cc(N2CCSC(C)(C)CC2)n1. The molecule has 0 bridgehead atoms. The first-order chi connectivity index (χ1) is 9.54. The zero-order chi connectivity index (χ0) is 14.6. The van der Waals surface area contributed by atoms with Crippen molar-refractivity contribution in [1.29, 1.82) is 0 Å². The Morgan fingerprint density at radius 1 is 1.35 bits per heavy atom. The van der Waals surface area contributed by atoms with Crippen LogP contribution in [0.5, 0.6) is 0 Å². The summed E-state index contributed by atoms with van der Waals surface area (Å²) in [5.41, 5.74) is 0. The Hall–Kier alpha value is -0.970. The van der Waals surface area contributed by atoms with Crippen LogP contribution in [0.3, 0.4) is 0 Å². The van der Waals surface area contributed by atoms with E-state index in [0.717, 1.165) is 49.1 Å².